The molecule has 0 spiro atoms. The van der Waals surface area contributed by atoms with Crippen LogP contribution in [0.5, 0.6) is 0 Å². The van der Waals surface area contributed by atoms with Crippen molar-refractivity contribution in [2.75, 3.05) is 12.5 Å². The quantitative estimate of drug-likeness (QED) is 0.629. The predicted octanol–water partition coefficient (Wildman–Crippen LogP) is 3.75. The van der Waals surface area contributed by atoms with Crippen molar-refractivity contribution in [2.45, 2.75) is 45.5 Å². The first-order valence-corrected chi connectivity index (χ1v) is 9.33. The summed E-state index contributed by atoms with van der Waals surface area (Å²) in [6.45, 7) is 12.0. The summed E-state index contributed by atoms with van der Waals surface area (Å²) in [5.41, 5.74) is 8.28. The van der Waals surface area contributed by atoms with E-state index in [1.165, 1.54) is 5.56 Å². The zero-order chi connectivity index (χ0) is 13.8. The van der Waals surface area contributed by atoms with E-state index in [0.29, 0.717) is 6.61 Å². The molecule has 4 heteroatoms. The van der Waals surface area contributed by atoms with Crippen LogP contribution < -0.4 is 10.9 Å². The van der Waals surface area contributed by atoms with E-state index < -0.39 is 8.32 Å². The molecule has 102 valence electrons. The van der Waals surface area contributed by atoms with E-state index in [0.717, 1.165) is 5.69 Å². The van der Waals surface area contributed by atoms with E-state index in [9.17, 15) is 0 Å². The molecule has 0 amide bonds. The van der Waals surface area contributed by atoms with Crippen LogP contribution in [0.25, 0.3) is 0 Å². The molecule has 1 aromatic carbocycles. The number of hydrazine groups is 1. The van der Waals surface area contributed by atoms with Crippen LogP contribution >= 0.6 is 0 Å². The molecule has 1 aromatic rings. The highest BCUT2D eigenvalue weighted by Crippen LogP contribution is 2.37. The highest BCUT2D eigenvalue weighted by molar-refractivity contribution is 6.74. The Morgan fingerprint density at radius 1 is 1.22 bits per heavy atom. The minimum atomic E-state index is -1.66. The minimum absolute atomic E-state index is 0.258. The van der Waals surface area contributed by atoms with Crippen molar-refractivity contribution in [1.29, 1.82) is 0 Å². The van der Waals surface area contributed by atoms with E-state index in [1.807, 2.05) is 19.2 Å². The summed E-state index contributed by atoms with van der Waals surface area (Å²) >= 11 is 0. The highest BCUT2D eigenvalue weighted by Gasteiger charge is 2.36. The van der Waals surface area contributed by atoms with Crippen LogP contribution in [0.1, 0.15) is 26.3 Å². The molecule has 0 aromatic heterocycles. The highest BCUT2D eigenvalue weighted by atomic mass is 28.4. The van der Waals surface area contributed by atoms with Crippen LogP contribution in [0, 0.1) is 0 Å². The van der Waals surface area contributed by atoms with E-state index >= 15 is 0 Å². The molecule has 0 unspecified atom stereocenters. The summed E-state index contributed by atoms with van der Waals surface area (Å²) in [7, 11) is 0.200. The van der Waals surface area contributed by atoms with Crippen LogP contribution in [0.2, 0.25) is 18.1 Å². The van der Waals surface area contributed by atoms with Crippen molar-refractivity contribution < 1.29 is 4.43 Å². The summed E-state index contributed by atoms with van der Waals surface area (Å²) in [6.07, 6.45) is 0. The van der Waals surface area contributed by atoms with E-state index in [2.05, 4.69) is 56.8 Å². The first-order chi connectivity index (χ1) is 8.26. The van der Waals surface area contributed by atoms with Crippen LogP contribution in [0.3, 0.4) is 0 Å². The monoisotopic (exact) mass is 266 g/mol. The SMILES string of the molecule is CNNc1cccc(CO[Si](C)(C)C(C)(C)C)c1. The third-order valence-corrected chi connectivity index (χ3v) is 8.08. The lowest BCUT2D eigenvalue weighted by Gasteiger charge is -2.36. The fourth-order valence-electron chi connectivity index (χ4n) is 1.36. The van der Waals surface area contributed by atoms with Crippen LogP contribution in [-0.4, -0.2) is 15.4 Å². The average molecular weight is 266 g/mol. The van der Waals surface area contributed by atoms with Gasteiger partial charge in [0.15, 0.2) is 8.32 Å². The van der Waals surface area contributed by atoms with Gasteiger partial charge in [-0.05, 0) is 35.8 Å². The Hall–Kier alpha value is -0.843. The topological polar surface area (TPSA) is 33.3 Å². The third-order valence-electron chi connectivity index (χ3n) is 3.60. The standard InChI is InChI=1S/C14H26N2OSi/c1-14(2,3)18(5,6)17-11-12-8-7-9-13(10-12)16-15-4/h7-10,15-16H,11H2,1-6H3. The van der Waals surface area contributed by atoms with Crippen LogP contribution in [0.4, 0.5) is 5.69 Å². The number of hydrogen-bond acceptors (Lipinski definition) is 3. The van der Waals surface area contributed by atoms with Gasteiger partial charge in [-0.25, -0.2) is 5.43 Å². The molecule has 1 rings (SSSR count). The lowest BCUT2D eigenvalue weighted by Crippen LogP contribution is -2.40. The number of nitrogens with one attached hydrogen (secondary N) is 2. The molecular formula is C14H26N2OSi. The van der Waals surface area contributed by atoms with Gasteiger partial charge < -0.3 is 9.85 Å². The van der Waals surface area contributed by atoms with Gasteiger partial charge in [0, 0.05) is 12.7 Å². The van der Waals surface area contributed by atoms with Gasteiger partial charge >= 0.3 is 0 Å². The predicted molar refractivity (Wildman–Crippen MR) is 81.1 cm³/mol. The maximum atomic E-state index is 6.20. The second-order valence-electron chi connectivity index (χ2n) is 6.12. The van der Waals surface area contributed by atoms with Crippen LogP contribution in [0.15, 0.2) is 24.3 Å². The molecule has 0 saturated carbocycles. The molecule has 2 N–H and O–H groups in total. The average Bonchev–Trinajstić information content (AvgIpc) is 2.26. The Morgan fingerprint density at radius 2 is 1.89 bits per heavy atom. The zero-order valence-electron chi connectivity index (χ0n) is 12.4. The molecule has 0 fully saturated rings. The maximum Gasteiger partial charge on any atom is 0.192 e. The summed E-state index contributed by atoms with van der Waals surface area (Å²) in [5.74, 6) is 0. The van der Waals surface area contributed by atoms with Gasteiger partial charge in [-0.3, -0.25) is 0 Å². The summed E-state index contributed by atoms with van der Waals surface area (Å²) in [5, 5.41) is 0.258. The van der Waals surface area contributed by atoms with Gasteiger partial charge in [0.25, 0.3) is 0 Å². The number of hydrogen-bond donors (Lipinski definition) is 2. The molecule has 0 aliphatic carbocycles. The van der Waals surface area contributed by atoms with Gasteiger partial charge in [-0.15, -0.1) is 0 Å². The lowest BCUT2D eigenvalue weighted by atomic mass is 10.2. The Kier molecular flexibility index (Phi) is 4.96. The van der Waals surface area contributed by atoms with Crippen molar-refractivity contribution in [2.24, 2.45) is 0 Å². The molecule has 0 radical (unpaired) electrons. The van der Waals surface area contributed by atoms with Crippen molar-refractivity contribution in [3.63, 3.8) is 0 Å². The zero-order valence-corrected chi connectivity index (χ0v) is 13.4. The summed E-state index contributed by atoms with van der Waals surface area (Å²) in [4.78, 5) is 0. The molecular weight excluding hydrogens is 240 g/mol. The normalized spacial score (nSPS) is 12.6. The fourth-order valence-corrected chi connectivity index (χ4v) is 2.32. The van der Waals surface area contributed by atoms with Crippen molar-refractivity contribution in [3.05, 3.63) is 29.8 Å². The largest absolute Gasteiger partial charge is 0.413 e. The first kappa shape index (κ1) is 15.2. The van der Waals surface area contributed by atoms with E-state index in [1.54, 1.807) is 0 Å². The Balaban J connectivity index is 2.66. The molecule has 0 bridgehead atoms. The van der Waals surface area contributed by atoms with E-state index in [-0.39, 0.29) is 5.04 Å². The smallest absolute Gasteiger partial charge is 0.192 e. The van der Waals surface area contributed by atoms with Crippen molar-refractivity contribution in [1.82, 2.24) is 5.43 Å². The summed E-state index contributed by atoms with van der Waals surface area (Å²) in [6, 6.07) is 8.30. The molecule has 18 heavy (non-hydrogen) atoms. The number of rotatable bonds is 5. The third kappa shape index (κ3) is 4.12. The van der Waals surface area contributed by atoms with Gasteiger partial charge in [0.1, 0.15) is 0 Å². The van der Waals surface area contributed by atoms with Crippen molar-refractivity contribution >= 4 is 14.0 Å². The molecule has 0 aliphatic heterocycles. The van der Waals surface area contributed by atoms with Gasteiger partial charge in [-0.1, -0.05) is 32.9 Å². The number of benzene rings is 1. The molecule has 0 heterocycles. The van der Waals surface area contributed by atoms with Crippen LogP contribution in [-0.2, 0) is 11.0 Å². The maximum absolute atomic E-state index is 6.20. The number of anilines is 1. The molecule has 0 saturated heterocycles. The van der Waals surface area contributed by atoms with Gasteiger partial charge in [0.2, 0.25) is 0 Å². The summed E-state index contributed by atoms with van der Waals surface area (Å²) < 4.78 is 6.20. The first-order valence-electron chi connectivity index (χ1n) is 6.42. The second-order valence-corrected chi connectivity index (χ2v) is 10.9. The van der Waals surface area contributed by atoms with E-state index in [4.69, 9.17) is 4.43 Å². The Morgan fingerprint density at radius 3 is 2.44 bits per heavy atom. The molecule has 0 atom stereocenters. The second kappa shape index (κ2) is 5.86. The molecule has 3 nitrogen and oxygen atoms in total. The molecule has 0 aliphatic rings. The van der Waals surface area contributed by atoms with Gasteiger partial charge in [0.05, 0.1) is 6.61 Å². The Bertz CT molecular complexity index is 386. The minimum Gasteiger partial charge on any atom is -0.413 e. The van der Waals surface area contributed by atoms with Gasteiger partial charge in [-0.2, -0.15) is 0 Å². The van der Waals surface area contributed by atoms with Crippen molar-refractivity contribution in [3.8, 4) is 0 Å². The lowest BCUT2D eigenvalue weighted by molar-refractivity contribution is 0.276. The fraction of sp³-hybridized carbons (Fsp3) is 0.571. The Labute approximate surface area is 112 Å².